The van der Waals surface area contributed by atoms with Gasteiger partial charge < -0.3 is 24.6 Å². The monoisotopic (exact) mass is 402 g/mol. The zero-order valence-electron chi connectivity index (χ0n) is 16.3. The summed E-state index contributed by atoms with van der Waals surface area (Å²) in [4.78, 5) is 34.3. The molecule has 154 valence electrons. The van der Waals surface area contributed by atoms with Crippen LogP contribution in [0.25, 0.3) is 0 Å². The molecule has 2 aromatic carbocycles. The Hall–Kier alpha value is -3.62. The van der Waals surface area contributed by atoms with Gasteiger partial charge in [0.1, 0.15) is 6.04 Å². The van der Waals surface area contributed by atoms with Gasteiger partial charge in [-0.25, -0.2) is 0 Å². The van der Waals surface area contributed by atoms with Gasteiger partial charge in [0, 0.05) is 17.7 Å². The molecule has 2 aromatic rings. The van der Waals surface area contributed by atoms with Gasteiger partial charge in [0.05, 0.1) is 21.3 Å². The average Bonchev–Trinajstić information content (AvgIpc) is 2.73. The van der Waals surface area contributed by atoms with Crippen molar-refractivity contribution in [2.45, 2.75) is 18.9 Å². The second-order valence-corrected chi connectivity index (χ2v) is 6.04. The van der Waals surface area contributed by atoms with Crippen molar-refractivity contribution in [2.75, 3.05) is 26.6 Å². The number of carbonyl (C=O) groups excluding carboxylic acids is 1. The molecule has 0 spiro atoms. The second kappa shape index (κ2) is 10.1. The van der Waals surface area contributed by atoms with Gasteiger partial charge in [0.25, 0.3) is 5.91 Å². The maximum Gasteiger partial charge on any atom is 0.303 e. The molecule has 0 saturated carbocycles. The fourth-order valence-corrected chi connectivity index (χ4v) is 2.74. The molecule has 0 bridgehead atoms. The van der Waals surface area contributed by atoms with E-state index < -0.39 is 17.9 Å². The van der Waals surface area contributed by atoms with Gasteiger partial charge in [0.15, 0.2) is 11.5 Å². The summed E-state index contributed by atoms with van der Waals surface area (Å²) in [5.41, 5.74) is 1.37. The van der Waals surface area contributed by atoms with E-state index in [4.69, 9.17) is 19.3 Å². The number of ether oxygens (including phenoxy) is 3. The van der Waals surface area contributed by atoms with Crippen LogP contribution in [0.2, 0.25) is 0 Å². The Labute approximate surface area is 167 Å². The molecule has 0 aliphatic heterocycles. The quantitative estimate of drug-likeness (QED) is 0.582. The summed E-state index contributed by atoms with van der Waals surface area (Å²) >= 11 is 0. The van der Waals surface area contributed by atoms with E-state index in [-0.39, 0.29) is 12.8 Å². The van der Waals surface area contributed by atoms with Crippen LogP contribution in [-0.4, -0.2) is 38.3 Å². The molecule has 0 fully saturated rings. The molecule has 0 aromatic heterocycles. The van der Waals surface area contributed by atoms with Crippen LogP contribution in [0.4, 0.5) is 5.69 Å². The summed E-state index contributed by atoms with van der Waals surface area (Å²) in [5.74, 6) is -0.304. The van der Waals surface area contributed by atoms with Crippen LogP contribution in [0.1, 0.15) is 34.8 Å². The molecule has 0 aliphatic rings. The molecule has 1 amide bonds. The molecule has 0 saturated heterocycles. The third kappa shape index (κ3) is 5.44. The second-order valence-electron chi connectivity index (χ2n) is 6.04. The van der Waals surface area contributed by atoms with E-state index >= 15 is 0 Å². The summed E-state index contributed by atoms with van der Waals surface area (Å²) in [7, 11) is 4.39. The van der Waals surface area contributed by atoms with Crippen molar-refractivity contribution in [2.24, 2.45) is 5.18 Å². The molecule has 29 heavy (non-hydrogen) atoms. The molecule has 1 atom stereocenters. The standard InChI is InChI=1S/C20H22N2O7/c1-27-16-10-13(11-17(28-2)19(16)29-3)20(25)21-14-6-4-12(5-7-14)15(22-26)8-9-18(23)24/h4-7,10-11,15H,8-9H2,1-3H3,(H,21,25)(H,23,24). The van der Waals surface area contributed by atoms with Gasteiger partial charge in [-0.05, 0) is 36.2 Å². The highest BCUT2D eigenvalue weighted by Gasteiger charge is 2.18. The van der Waals surface area contributed by atoms with Crippen LogP contribution in [0.5, 0.6) is 17.2 Å². The van der Waals surface area contributed by atoms with Gasteiger partial charge in [0.2, 0.25) is 5.75 Å². The lowest BCUT2D eigenvalue weighted by Gasteiger charge is -2.14. The van der Waals surface area contributed by atoms with Crippen molar-refractivity contribution in [1.29, 1.82) is 0 Å². The topological polar surface area (TPSA) is 124 Å². The van der Waals surface area contributed by atoms with Crippen LogP contribution < -0.4 is 19.5 Å². The highest BCUT2D eigenvalue weighted by Crippen LogP contribution is 2.38. The van der Waals surface area contributed by atoms with E-state index in [1.807, 2.05) is 0 Å². The summed E-state index contributed by atoms with van der Waals surface area (Å²) in [6.45, 7) is 0. The summed E-state index contributed by atoms with van der Waals surface area (Å²) < 4.78 is 15.7. The third-order valence-electron chi connectivity index (χ3n) is 4.24. The van der Waals surface area contributed by atoms with Gasteiger partial charge >= 0.3 is 5.97 Å². The number of nitrogens with zero attached hydrogens (tertiary/aromatic N) is 1. The highest BCUT2D eigenvalue weighted by molar-refractivity contribution is 6.05. The van der Waals surface area contributed by atoms with Crippen LogP contribution in [-0.2, 0) is 4.79 Å². The number of carbonyl (C=O) groups is 2. The van der Waals surface area contributed by atoms with Crippen molar-refractivity contribution in [3.63, 3.8) is 0 Å². The molecule has 1 unspecified atom stereocenters. The summed E-state index contributed by atoms with van der Waals surface area (Å²) in [5, 5.41) is 14.5. The molecule has 9 heteroatoms. The summed E-state index contributed by atoms with van der Waals surface area (Å²) in [6, 6.07) is 8.78. The van der Waals surface area contributed by atoms with E-state index in [9.17, 15) is 14.5 Å². The number of hydrogen-bond acceptors (Lipinski definition) is 7. The predicted octanol–water partition coefficient (Wildman–Crippen LogP) is 3.64. The minimum Gasteiger partial charge on any atom is -0.493 e. The minimum absolute atomic E-state index is 0.107. The van der Waals surface area contributed by atoms with Crippen LogP contribution in [0.15, 0.2) is 41.6 Å². The minimum atomic E-state index is -0.993. The molecule has 0 aliphatic carbocycles. The van der Waals surface area contributed by atoms with E-state index in [0.717, 1.165) is 0 Å². The molecular formula is C20H22N2O7. The van der Waals surface area contributed by atoms with Gasteiger partial charge in [-0.1, -0.05) is 17.3 Å². The fraction of sp³-hybridized carbons (Fsp3) is 0.300. The normalized spacial score (nSPS) is 11.3. The maximum atomic E-state index is 12.6. The predicted molar refractivity (Wildman–Crippen MR) is 106 cm³/mol. The van der Waals surface area contributed by atoms with Gasteiger partial charge in [-0.15, -0.1) is 0 Å². The Morgan fingerprint density at radius 3 is 2.07 bits per heavy atom. The Bertz CT molecular complexity index is 856. The number of carboxylic acids is 1. The number of nitrogens with one attached hydrogen (secondary N) is 1. The van der Waals surface area contributed by atoms with Crippen molar-refractivity contribution in [3.8, 4) is 17.2 Å². The Morgan fingerprint density at radius 2 is 1.62 bits per heavy atom. The Kier molecular flexibility index (Phi) is 7.53. The Balaban J connectivity index is 2.17. The van der Waals surface area contributed by atoms with Gasteiger partial charge in [-0.2, -0.15) is 4.91 Å². The molecule has 0 heterocycles. The largest absolute Gasteiger partial charge is 0.493 e. The van der Waals surface area contributed by atoms with Gasteiger partial charge in [-0.3, -0.25) is 9.59 Å². The summed E-state index contributed by atoms with van der Waals surface area (Å²) in [6.07, 6.45) is -0.0496. The van der Waals surface area contributed by atoms with Crippen LogP contribution in [0, 0.1) is 4.91 Å². The number of methoxy groups -OCH3 is 3. The number of aliphatic carboxylic acids is 1. The first-order valence-electron chi connectivity index (χ1n) is 8.69. The maximum absolute atomic E-state index is 12.6. The van der Waals surface area contributed by atoms with Crippen molar-refractivity contribution >= 4 is 17.6 Å². The first-order chi connectivity index (χ1) is 13.9. The lowest BCUT2D eigenvalue weighted by Crippen LogP contribution is -2.12. The third-order valence-corrected chi connectivity index (χ3v) is 4.24. The number of rotatable bonds is 10. The number of carboxylic acid groups (broad SMARTS) is 1. The fourth-order valence-electron chi connectivity index (χ4n) is 2.74. The SMILES string of the molecule is COc1cc(C(=O)Nc2ccc(C(CCC(=O)O)N=O)cc2)cc(OC)c1OC. The van der Waals surface area contributed by atoms with E-state index in [0.29, 0.717) is 34.1 Å². The van der Waals surface area contributed by atoms with Crippen LogP contribution in [0.3, 0.4) is 0 Å². The molecule has 9 nitrogen and oxygen atoms in total. The van der Waals surface area contributed by atoms with Crippen molar-refractivity contribution < 1.29 is 28.9 Å². The van der Waals surface area contributed by atoms with Crippen molar-refractivity contribution in [3.05, 3.63) is 52.4 Å². The lowest BCUT2D eigenvalue weighted by atomic mass is 10.0. The van der Waals surface area contributed by atoms with E-state index in [2.05, 4.69) is 10.5 Å². The first kappa shape index (κ1) is 21.7. The number of anilines is 1. The number of hydrogen-bond donors (Lipinski definition) is 2. The number of amides is 1. The van der Waals surface area contributed by atoms with E-state index in [1.54, 1.807) is 24.3 Å². The lowest BCUT2D eigenvalue weighted by molar-refractivity contribution is -0.137. The molecular weight excluding hydrogens is 380 g/mol. The number of benzene rings is 2. The first-order valence-corrected chi connectivity index (χ1v) is 8.69. The average molecular weight is 402 g/mol. The molecule has 0 radical (unpaired) electrons. The number of nitroso groups, excluding NO2 is 1. The molecule has 2 N–H and O–H groups in total. The van der Waals surface area contributed by atoms with Crippen LogP contribution >= 0.6 is 0 Å². The molecule has 2 rings (SSSR count). The van der Waals surface area contributed by atoms with Crippen molar-refractivity contribution in [1.82, 2.24) is 0 Å². The zero-order valence-corrected chi connectivity index (χ0v) is 16.3. The Morgan fingerprint density at radius 1 is 1.03 bits per heavy atom. The van der Waals surface area contributed by atoms with E-state index in [1.165, 1.54) is 33.5 Å². The smallest absolute Gasteiger partial charge is 0.303 e. The zero-order chi connectivity index (χ0) is 21.4. The highest BCUT2D eigenvalue weighted by atomic mass is 16.5.